The van der Waals surface area contributed by atoms with Gasteiger partial charge in [0.05, 0.1) is 5.69 Å². The van der Waals surface area contributed by atoms with Crippen LogP contribution in [0.3, 0.4) is 0 Å². The second kappa shape index (κ2) is 6.15. The van der Waals surface area contributed by atoms with Crippen molar-refractivity contribution >= 4 is 8.35 Å². The molecule has 0 saturated carbocycles. The van der Waals surface area contributed by atoms with Gasteiger partial charge in [-0.1, -0.05) is 32.6 Å². The van der Waals surface area contributed by atoms with Crippen molar-refractivity contribution in [3.05, 3.63) is 11.0 Å². The third-order valence-corrected chi connectivity index (χ3v) is 3.35. The SMILES string of the molecule is CCCCCCCc1p[nH]nc1C. The van der Waals surface area contributed by atoms with E-state index in [1.807, 2.05) is 0 Å². The summed E-state index contributed by atoms with van der Waals surface area (Å²) in [4.78, 5) is 3.00. The highest BCUT2D eigenvalue weighted by molar-refractivity contribution is 7.26. The fourth-order valence-electron chi connectivity index (χ4n) is 1.44. The Labute approximate surface area is 82.3 Å². The Kier molecular flexibility index (Phi) is 5.07. The molecule has 1 aromatic rings. The van der Waals surface area contributed by atoms with E-state index in [4.69, 9.17) is 0 Å². The zero-order chi connectivity index (χ0) is 9.52. The van der Waals surface area contributed by atoms with Crippen LogP contribution in [-0.4, -0.2) is 9.96 Å². The molecular weight excluding hydrogens is 179 g/mol. The molecule has 2 nitrogen and oxygen atoms in total. The molecule has 13 heavy (non-hydrogen) atoms. The van der Waals surface area contributed by atoms with E-state index in [0.29, 0.717) is 0 Å². The Morgan fingerprint density at radius 2 is 2.00 bits per heavy atom. The summed E-state index contributed by atoms with van der Waals surface area (Å²) >= 11 is 0. The summed E-state index contributed by atoms with van der Waals surface area (Å²) in [5.41, 5.74) is 1.21. The highest BCUT2D eigenvalue weighted by atomic mass is 31.0. The van der Waals surface area contributed by atoms with E-state index in [9.17, 15) is 0 Å². The maximum absolute atomic E-state index is 4.15. The van der Waals surface area contributed by atoms with Crippen molar-refractivity contribution in [3.63, 3.8) is 0 Å². The predicted octanol–water partition coefficient (Wildman–Crippen LogP) is 3.81. The first-order valence-corrected chi connectivity index (χ1v) is 6.10. The number of aromatic amines is 1. The zero-order valence-electron chi connectivity index (χ0n) is 8.64. The first kappa shape index (κ1) is 10.7. The minimum absolute atomic E-state index is 1.21. The van der Waals surface area contributed by atoms with Gasteiger partial charge in [-0.15, -0.1) is 0 Å². The van der Waals surface area contributed by atoms with Crippen LogP contribution in [0.4, 0.5) is 0 Å². The molecule has 1 aromatic heterocycles. The third-order valence-electron chi connectivity index (χ3n) is 2.34. The molecule has 0 saturated heterocycles. The number of aryl methyl sites for hydroxylation is 2. The van der Waals surface area contributed by atoms with Crippen molar-refractivity contribution in [2.45, 2.75) is 52.4 Å². The second-order valence-corrected chi connectivity index (χ2v) is 4.48. The van der Waals surface area contributed by atoms with E-state index < -0.39 is 0 Å². The van der Waals surface area contributed by atoms with Gasteiger partial charge in [0.1, 0.15) is 0 Å². The Bertz CT molecular complexity index is 233. The number of nitrogens with zero attached hydrogens (tertiary/aromatic N) is 1. The number of unbranched alkanes of at least 4 members (excludes halogenated alkanes) is 4. The summed E-state index contributed by atoms with van der Waals surface area (Å²) in [6.45, 7) is 4.35. The quantitative estimate of drug-likeness (QED) is 0.692. The van der Waals surface area contributed by atoms with E-state index in [2.05, 4.69) is 23.8 Å². The largest absolute Gasteiger partial charge is 0.260 e. The molecule has 1 N–H and O–H groups in total. The van der Waals surface area contributed by atoms with E-state index in [-0.39, 0.29) is 0 Å². The average molecular weight is 198 g/mol. The van der Waals surface area contributed by atoms with Gasteiger partial charge in [0.25, 0.3) is 0 Å². The van der Waals surface area contributed by atoms with E-state index in [0.717, 1.165) is 0 Å². The van der Waals surface area contributed by atoms with Crippen molar-refractivity contribution < 1.29 is 0 Å². The van der Waals surface area contributed by atoms with Crippen molar-refractivity contribution in [1.29, 1.82) is 0 Å². The lowest BCUT2D eigenvalue weighted by Gasteiger charge is -1.98. The van der Waals surface area contributed by atoms with Crippen molar-refractivity contribution in [2.75, 3.05) is 0 Å². The highest BCUT2D eigenvalue weighted by Gasteiger charge is 2.00. The normalized spacial score (nSPS) is 11.2. The second-order valence-electron chi connectivity index (χ2n) is 3.52. The molecular formula is C10H19N2P. The van der Waals surface area contributed by atoms with Crippen molar-refractivity contribution in [1.82, 2.24) is 9.96 Å². The molecule has 0 unspecified atom stereocenters. The lowest BCUT2D eigenvalue weighted by atomic mass is 10.1. The van der Waals surface area contributed by atoms with Crippen LogP contribution in [-0.2, 0) is 6.42 Å². The lowest BCUT2D eigenvalue weighted by molar-refractivity contribution is 0.633. The summed E-state index contributed by atoms with van der Waals surface area (Å²) in [6, 6.07) is 0. The number of hydrogen-bond acceptors (Lipinski definition) is 1. The standard InChI is InChI=1S/C10H19N2P/c1-3-4-5-6-7-8-10-9(2)11-12-13-10/h3-8H2,1-2H3,(H,11,12). The molecule has 0 radical (unpaired) electrons. The van der Waals surface area contributed by atoms with Gasteiger partial charge >= 0.3 is 0 Å². The highest BCUT2D eigenvalue weighted by Crippen LogP contribution is 2.17. The summed E-state index contributed by atoms with van der Waals surface area (Å²) in [7, 11) is 1.22. The molecule has 0 bridgehead atoms. The van der Waals surface area contributed by atoms with Crippen LogP contribution < -0.4 is 0 Å². The molecule has 1 heterocycles. The van der Waals surface area contributed by atoms with Gasteiger partial charge < -0.3 is 0 Å². The number of hydrogen-bond donors (Lipinski definition) is 1. The minimum atomic E-state index is 1.21. The first-order chi connectivity index (χ1) is 6.34. The topological polar surface area (TPSA) is 28.7 Å². The maximum atomic E-state index is 4.15. The number of nitrogens with one attached hydrogen (secondary N) is 1. The van der Waals surface area contributed by atoms with E-state index in [1.54, 1.807) is 0 Å². The van der Waals surface area contributed by atoms with Crippen LogP contribution >= 0.6 is 8.35 Å². The average Bonchev–Trinajstić information content (AvgIpc) is 2.52. The fourth-order valence-corrected chi connectivity index (χ4v) is 2.24. The van der Waals surface area contributed by atoms with Gasteiger partial charge in [0.15, 0.2) is 0 Å². The monoisotopic (exact) mass is 198 g/mol. The third kappa shape index (κ3) is 3.91. The zero-order valence-corrected chi connectivity index (χ0v) is 9.53. The van der Waals surface area contributed by atoms with E-state index >= 15 is 0 Å². The van der Waals surface area contributed by atoms with Crippen molar-refractivity contribution in [2.24, 2.45) is 0 Å². The summed E-state index contributed by atoms with van der Waals surface area (Å²) < 4.78 is 0. The Morgan fingerprint density at radius 1 is 1.23 bits per heavy atom. The summed E-state index contributed by atoms with van der Waals surface area (Å²) in [5, 5.41) is 5.63. The molecule has 0 aromatic carbocycles. The first-order valence-electron chi connectivity index (χ1n) is 5.21. The minimum Gasteiger partial charge on any atom is -0.260 e. The molecule has 0 amide bonds. The van der Waals surface area contributed by atoms with Gasteiger partial charge in [-0.05, 0) is 19.8 Å². The van der Waals surface area contributed by atoms with Crippen LogP contribution in [0.5, 0.6) is 0 Å². The molecule has 0 spiro atoms. The molecule has 0 aliphatic carbocycles. The Hall–Kier alpha value is -0.360. The molecule has 0 atom stereocenters. The van der Waals surface area contributed by atoms with Crippen LogP contribution in [0.2, 0.25) is 0 Å². The molecule has 3 heteroatoms. The molecule has 74 valence electrons. The smallest absolute Gasteiger partial charge is 0.0671 e. The van der Waals surface area contributed by atoms with Gasteiger partial charge in [-0.3, -0.25) is 4.86 Å². The molecule has 0 aliphatic rings. The Balaban J connectivity index is 2.10. The fraction of sp³-hybridized carbons (Fsp3) is 0.800. The van der Waals surface area contributed by atoms with E-state index in [1.165, 1.54) is 57.9 Å². The van der Waals surface area contributed by atoms with Crippen LogP contribution in [0.1, 0.15) is 50.0 Å². The van der Waals surface area contributed by atoms with Crippen LogP contribution in [0.15, 0.2) is 0 Å². The van der Waals surface area contributed by atoms with Crippen LogP contribution in [0, 0.1) is 6.92 Å². The van der Waals surface area contributed by atoms with Gasteiger partial charge in [0.2, 0.25) is 0 Å². The number of rotatable bonds is 6. The maximum Gasteiger partial charge on any atom is 0.0671 e. The Morgan fingerprint density at radius 3 is 2.62 bits per heavy atom. The molecule has 0 aliphatic heterocycles. The molecule has 1 rings (SSSR count). The summed E-state index contributed by atoms with van der Waals surface area (Å²) in [5.74, 6) is 0. The predicted molar refractivity (Wildman–Crippen MR) is 58.3 cm³/mol. The van der Waals surface area contributed by atoms with Gasteiger partial charge in [-0.2, -0.15) is 5.10 Å². The lowest BCUT2D eigenvalue weighted by Crippen LogP contribution is -1.85. The van der Waals surface area contributed by atoms with Crippen molar-refractivity contribution in [3.8, 4) is 0 Å². The van der Waals surface area contributed by atoms with Crippen LogP contribution in [0.25, 0.3) is 0 Å². The van der Waals surface area contributed by atoms with Gasteiger partial charge in [-0.25, -0.2) is 0 Å². The number of aromatic nitrogens is 2. The summed E-state index contributed by atoms with van der Waals surface area (Å²) in [6.07, 6.45) is 8.05. The van der Waals surface area contributed by atoms with Gasteiger partial charge in [0, 0.05) is 13.6 Å². The molecule has 0 fully saturated rings. The number of H-pyrrole nitrogens is 1.